The number of unbranched alkanes of at least 4 members (excludes halogenated alkanes) is 7. The van der Waals surface area contributed by atoms with Crippen molar-refractivity contribution in [1.29, 1.82) is 0 Å². The van der Waals surface area contributed by atoms with Crippen molar-refractivity contribution >= 4 is 5.78 Å². The Morgan fingerprint density at radius 3 is 1.67 bits per heavy atom. The summed E-state index contributed by atoms with van der Waals surface area (Å²) >= 11 is 0. The van der Waals surface area contributed by atoms with Crippen molar-refractivity contribution in [2.24, 2.45) is 0 Å². The van der Waals surface area contributed by atoms with E-state index in [0.29, 0.717) is 6.42 Å². The molecule has 156 valence electrons. The highest BCUT2D eigenvalue weighted by Gasteiger charge is 2.33. The molecule has 0 aliphatic rings. The third-order valence-electron chi connectivity index (χ3n) is 4.55. The Morgan fingerprint density at radius 2 is 1.19 bits per heavy atom. The fraction of sp³-hybridized carbons (Fsp3) is 0.696. The van der Waals surface area contributed by atoms with Gasteiger partial charge in [0.25, 0.3) is 0 Å². The third kappa shape index (κ3) is 14.5. The van der Waals surface area contributed by atoms with Crippen LogP contribution in [0.2, 0.25) is 0 Å². The maximum absolute atomic E-state index is 11.7. The molecule has 0 rings (SSSR count). The second kappa shape index (κ2) is 18.1. The number of carbonyl (C=O) groups excluding carboxylic acids is 1. The first-order valence-electron chi connectivity index (χ1n) is 10.5. The summed E-state index contributed by atoms with van der Waals surface area (Å²) in [5.74, 6) is -0.497. The summed E-state index contributed by atoms with van der Waals surface area (Å²) in [7, 11) is 0. The zero-order valence-corrected chi connectivity index (χ0v) is 17.1. The Hall–Kier alpha value is -1.23. The molecule has 0 spiro atoms. The molecule has 0 aromatic rings. The molecule has 0 saturated carbocycles. The molecule has 0 bridgehead atoms. The van der Waals surface area contributed by atoms with Crippen LogP contribution in [0.25, 0.3) is 0 Å². The van der Waals surface area contributed by atoms with E-state index in [9.17, 15) is 9.90 Å². The lowest BCUT2D eigenvalue weighted by Gasteiger charge is -2.21. The van der Waals surface area contributed by atoms with Crippen LogP contribution in [0.5, 0.6) is 0 Å². The molecule has 0 heterocycles. The molecule has 0 aliphatic heterocycles. The highest BCUT2D eigenvalue weighted by molar-refractivity contribution is 5.87. The molecule has 0 saturated heterocycles. The molecule has 0 aliphatic carbocycles. The van der Waals surface area contributed by atoms with Crippen LogP contribution in [0.4, 0.5) is 0 Å². The van der Waals surface area contributed by atoms with Crippen LogP contribution in [0, 0.1) is 0 Å². The molecule has 0 amide bonds. The first kappa shape index (κ1) is 25.8. The molecule has 4 heteroatoms. The molecule has 4 nitrogen and oxygen atoms in total. The maximum Gasteiger partial charge on any atom is 0.169 e. The minimum Gasteiger partial charge on any atom is -0.393 e. The Labute approximate surface area is 165 Å². The van der Waals surface area contributed by atoms with Gasteiger partial charge in [0, 0.05) is 6.42 Å². The van der Waals surface area contributed by atoms with E-state index in [1.54, 1.807) is 0 Å². The number of rotatable bonds is 18. The number of ketones is 1. The highest BCUT2D eigenvalue weighted by atomic mass is 16.4. The maximum atomic E-state index is 11.7. The second-order valence-electron chi connectivity index (χ2n) is 7.09. The summed E-state index contributed by atoms with van der Waals surface area (Å²) in [6, 6.07) is 0. The summed E-state index contributed by atoms with van der Waals surface area (Å²) in [6.45, 7) is 0.759. The van der Waals surface area contributed by atoms with Crippen molar-refractivity contribution in [2.75, 3.05) is 13.2 Å². The standard InChI is InChI=1S/C23H40O4/c1-2-3-4-5-6-7-8-9-10-11-12-13-14-15-16-17-18-19-22(26)23(27,20-24)21-25/h6-7,9-10,15-16,24-25,27H,2-5,8,11-14,17-21H2,1H3/b7-6+,10-9+,16-15+. The molecular formula is C23H40O4. The van der Waals surface area contributed by atoms with Gasteiger partial charge in [0.2, 0.25) is 0 Å². The first-order valence-corrected chi connectivity index (χ1v) is 10.5. The van der Waals surface area contributed by atoms with Gasteiger partial charge < -0.3 is 15.3 Å². The summed E-state index contributed by atoms with van der Waals surface area (Å²) in [6.07, 6.45) is 25.4. The number of aliphatic hydroxyl groups is 3. The van der Waals surface area contributed by atoms with Crippen LogP contribution >= 0.6 is 0 Å². The topological polar surface area (TPSA) is 77.8 Å². The predicted octanol–water partition coefficient (Wildman–Crippen LogP) is 4.64. The van der Waals surface area contributed by atoms with E-state index in [1.807, 2.05) is 0 Å². The van der Waals surface area contributed by atoms with Gasteiger partial charge in [-0.3, -0.25) is 4.79 Å². The Balaban J connectivity index is 3.53. The molecular weight excluding hydrogens is 340 g/mol. The number of hydrogen-bond acceptors (Lipinski definition) is 4. The van der Waals surface area contributed by atoms with Crippen molar-refractivity contribution in [2.45, 2.75) is 89.6 Å². The average Bonchev–Trinajstić information content (AvgIpc) is 2.69. The minimum atomic E-state index is -1.98. The van der Waals surface area contributed by atoms with E-state index in [1.165, 1.54) is 32.1 Å². The van der Waals surface area contributed by atoms with Gasteiger partial charge in [-0.15, -0.1) is 0 Å². The van der Waals surface area contributed by atoms with E-state index < -0.39 is 24.6 Å². The Kier molecular flexibility index (Phi) is 17.3. The summed E-state index contributed by atoms with van der Waals surface area (Å²) in [4.78, 5) is 11.7. The minimum absolute atomic E-state index is 0.166. The lowest BCUT2D eigenvalue weighted by atomic mass is 9.96. The SMILES string of the molecule is CCCCC/C=C/C/C=C/CCCC/C=C/CCCC(=O)C(O)(CO)CO. The molecule has 0 fully saturated rings. The van der Waals surface area contributed by atoms with Crippen LogP contribution in [-0.2, 0) is 4.79 Å². The van der Waals surface area contributed by atoms with Crippen molar-refractivity contribution in [3.8, 4) is 0 Å². The van der Waals surface area contributed by atoms with Gasteiger partial charge in [-0.05, 0) is 57.8 Å². The Bertz CT molecular complexity index is 434. The molecule has 0 aromatic heterocycles. The lowest BCUT2D eigenvalue weighted by Crippen LogP contribution is -2.45. The van der Waals surface area contributed by atoms with Crippen LogP contribution in [0.15, 0.2) is 36.5 Å². The van der Waals surface area contributed by atoms with Crippen molar-refractivity contribution in [3.05, 3.63) is 36.5 Å². The normalized spacial score (nSPS) is 12.7. The van der Waals surface area contributed by atoms with Gasteiger partial charge in [0.1, 0.15) is 0 Å². The van der Waals surface area contributed by atoms with Gasteiger partial charge in [0.05, 0.1) is 13.2 Å². The van der Waals surface area contributed by atoms with Crippen LogP contribution in [0.1, 0.15) is 84.0 Å². The van der Waals surface area contributed by atoms with Crippen molar-refractivity contribution in [1.82, 2.24) is 0 Å². The Morgan fingerprint density at radius 1 is 0.741 bits per heavy atom. The molecule has 3 N–H and O–H groups in total. The zero-order valence-electron chi connectivity index (χ0n) is 17.1. The molecule has 0 aromatic carbocycles. The fourth-order valence-corrected chi connectivity index (χ4v) is 2.62. The van der Waals surface area contributed by atoms with Gasteiger partial charge in [-0.25, -0.2) is 0 Å². The van der Waals surface area contributed by atoms with E-state index in [0.717, 1.165) is 32.1 Å². The van der Waals surface area contributed by atoms with E-state index in [2.05, 4.69) is 43.4 Å². The first-order chi connectivity index (χ1) is 13.1. The molecule has 0 atom stereocenters. The third-order valence-corrected chi connectivity index (χ3v) is 4.55. The smallest absolute Gasteiger partial charge is 0.169 e. The van der Waals surface area contributed by atoms with Gasteiger partial charge in [-0.1, -0.05) is 56.2 Å². The predicted molar refractivity (Wildman–Crippen MR) is 113 cm³/mol. The zero-order chi connectivity index (χ0) is 20.2. The van der Waals surface area contributed by atoms with Gasteiger partial charge >= 0.3 is 0 Å². The number of Topliss-reactive ketones (excluding diaryl/α,β-unsaturated/α-hetero) is 1. The van der Waals surface area contributed by atoms with Crippen molar-refractivity contribution < 1.29 is 20.1 Å². The van der Waals surface area contributed by atoms with Crippen LogP contribution in [0.3, 0.4) is 0 Å². The fourth-order valence-electron chi connectivity index (χ4n) is 2.62. The second-order valence-corrected chi connectivity index (χ2v) is 7.09. The van der Waals surface area contributed by atoms with Crippen LogP contribution in [-0.4, -0.2) is 39.9 Å². The van der Waals surface area contributed by atoms with E-state index in [-0.39, 0.29) is 6.42 Å². The largest absolute Gasteiger partial charge is 0.393 e. The van der Waals surface area contributed by atoms with Gasteiger partial charge in [0.15, 0.2) is 11.4 Å². The summed E-state index contributed by atoms with van der Waals surface area (Å²) in [5, 5.41) is 27.5. The average molecular weight is 381 g/mol. The lowest BCUT2D eigenvalue weighted by molar-refractivity contribution is -0.146. The molecule has 0 radical (unpaired) electrons. The number of allylic oxidation sites excluding steroid dienone is 6. The number of hydrogen-bond donors (Lipinski definition) is 3. The summed E-state index contributed by atoms with van der Waals surface area (Å²) in [5.41, 5.74) is -1.98. The van der Waals surface area contributed by atoms with Gasteiger partial charge in [-0.2, -0.15) is 0 Å². The van der Waals surface area contributed by atoms with E-state index >= 15 is 0 Å². The molecule has 27 heavy (non-hydrogen) atoms. The number of aliphatic hydroxyl groups excluding tert-OH is 2. The highest BCUT2D eigenvalue weighted by Crippen LogP contribution is 2.11. The quantitative estimate of drug-likeness (QED) is 0.239. The van der Waals surface area contributed by atoms with E-state index in [4.69, 9.17) is 10.2 Å². The number of carbonyl (C=O) groups is 1. The monoisotopic (exact) mass is 380 g/mol. The van der Waals surface area contributed by atoms with Crippen molar-refractivity contribution in [3.63, 3.8) is 0 Å². The summed E-state index contributed by atoms with van der Waals surface area (Å²) < 4.78 is 0. The molecule has 0 unspecified atom stereocenters. The van der Waals surface area contributed by atoms with Crippen LogP contribution < -0.4 is 0 Å².